The summed E-state index contributed by atoms with van der Waals surface area (Å²) < 4.78 is 1.11. The zero-order chi connectivity index (χ0) is 11.7. The summed E-state index contributed by atoms with van der Waals surface area (Å²) in [5.41, 5.74) is 7.88. The normalized spacial score (nSPS) is 25.1. The molecule has 0 spiro atoms. The Labute approximate surface area is 106 Å². The summed E-state index contributed by atoms with van der Waals surface area (Å²) in [7, 11) is 0. The van der Waals surface area contributed by atoms with Gasteiger partial charge < -0.3 is 10.6 Å². The van der Waals surface area contributed by atoms with Crippen LogP contribution in [0.3, 0.4) is 0 Å². The molecule has 2 unspecified atom stereocenters. The average Bonchev–Trinajstić information content (AvgIpc) is 2.60. The van der Waals surface area contributed by atoms with Gasteiger partial charge in [0.25, 0.3) is 0 Å². The quantitative estimate of drug-likeness (QED) is 0.836. The number of anilines is 2. The average molecular weight is 283 g/mol. The molecule has 1 aliphatic heterocycles. The lowest BCUT2D eigenvalue weighted by Gasteiger charge is -2.31. The van der Waals surface area contributed by atoms with Crippen LogP contribution in [0.1, 0.15) is 33.1 Å². The van der Waals surface area contributed by atoms with Crippen molar-refractivity contribution in [2.45, 2.75) is 45.2 Å². The Morgan fingerprint density at radius 2 is 2.19 bits per heavy atom. The summed E-state index contributed by atoms with van der Waals surface area (Å²) in [5.74, 6) is 0. The fraction of sp³-hybridized carbons (Fsp3) is 0.538. The zero-order valence-corrected chi connectivity index (χ0v) is 11.5. The van der Waals surface area contributed by atoms with Crippen LogP contribution < -0.4 is 10.6 Å². The van der Waals surface area contributed by atoms with E-state index in [1.807, 2.05) is 12.1 Å². The van der Waals surface area contributed by atoms with Crippen molar-refractivity contribution in [1.82, 2.24) is 0 Å². The van der Waals surface area contributed by atoms with Gasteiger partial charge in [0.05, 0.1) is 5.69 Å². The molecule has 1 heterocycles. The Morgan fingerprint density at radius 3 is 2.81 bits per heavy atom. The van der Waals surface area contributed by atoms with Crippen LogP contribution in [-0.4, -0.2) is 12.1 Å². The molecule has 2 rings (SSSR count). The number of rotatable bonds is 2. The standard InChI is InChI=1S/C13H19BrN2/c1-3-11-6-4-9(2)16(11)13-7-5-10(15)8-12(13)14/h5,7-9,11H,3-4,6,15H2,1-2H3. The van der Waals surface area contributed by atoms with E-state index < -0.39 is 0 Å². The molecule has 1 aromatic rings. The zero-order valence-electron chi connectivity index (χ0n) is 9.91. The van der Waals surface area contributed by atoms with Crippen molar-refractivity contribution in [2.75, 3.05) is 10.6 Å². The Kier molecular flexibility index (Phi) is 3.43. The summed E-state index contributed by atoms with van der Waals surface area (Å²) >= 11 is 3.62. The number of benzene rings is 1. The predicted molar refractivity (Wildman–Crippen MR) is 73.8 cm³/mol. The molecular weight excluding hydrogens is 264 g/mol. The summed E-state index contributed by atoms with van der Waals surface area (Å²) in [5, 5.41) is 0. The maximum Gasteiger partial charge on any atom is 0.0517 e. The highest BCUT2D eigenvalue weighted by molar-refractivity contribution is 9.10. The molecule has 1 aliphatic rings. The van der Waals surface area contributed by atoms with E-state index in [0.717, 1.165) is 10.2 Å². The van der Waals surface area contributed by atoms with E-state index in [9.17, 15) is 0 Å². The lowest BCUT2D eigenvalue weighted by Crippen LogP contribution is -2.34. The van der Waals surface area contributed by atoms with Crippen molar-refractivity contribution in [1.29, 1.82) is 0 Å². The second-order valence-corrected chi connectivity index (χ2v) is 5.46. The fourth-order valence-corrected chi connectivity index (χ4v) is 3.24. The molecule has 0 radical (unpaired) electrons. The molecule has 1 aromatic carbocycles. The maximum absolute atomic E-state index is 5.78. The second kappa shape index (κ2) is 4.66. The molecule has 88 valence electrons. The van der Waals surface area contributed by atoms with Crippen LogP contribution >= 0.6 is 15.9 Å². The van der Waals surface area contributed by atoms with E-state index >= 15 is 0 Å². The Bertz CT molecular complexity index is 378. The van der Waals surface area contributed by atoms with Gasteiger partial charge >= 0.3 is 0 Å². The highest BCUT2D eigenvalue weighted by atomic mass is 79.9. The predicted octanol–water partition coefficient (Wildman–Crippen LogP) is 3.80. The summed E-state index contributed by atoms with van der Waals surface area (Å²) in [6.45, 7) is 4.57. The lowest BCUT2D eigenvalue weighted by molar-refractivity contribution is 0.627. The minimum Gasteiger partial charge on any atom is -0.399 e. The van der Waals surface area contributed by atoms with E-state index in [0.29, 0.717) is 12.1 Å². The first-order valence-electron chi connectivity index (χ1n) is 5.96. The van der Waals surface area contributed by atoms with Crippen molar-refractivity contribution >= 4 is 27.3 Å². The van der Waals surface area contributed by atoms with Crippen molar-refractivity contribution in [3.8, 4) is 0 Å². The van der Waals surface area contributed by atoms with Gasteiger partial charge in [-0.25, -0.2) is 0 Å². The Hall–Kier alpha value is -0.700. The van der Waals surface area contributed by atoms with Gasteiger partial charge in [-0.2, -0.15) is 0 Å². The smallest absolute Gasteiger partial charge is 0.0517 e. The first-order chi connectivity index (χ1) is 7.63. The molecule has 1 fully saturated rings. The molecular formula is C13H19BrN2. The topological polar surface area (TPSA) is 29.3 Å². The van der Waals surface area contributed by atoms with Crippen molar-refractivity contribution < 1.29 is 0 Å². The maximum atomic E-state index is 5.78. The molecule has 2 N–H and O–H groups in total. The minimum atomic E-state index is 0.630. The van der Waals surface area contributed by atoms with Gasteiger partial charge in [-0.05, 0) is 60.3 Å². The Morgan fingerprint density at radius 1 is 1.44 bits per heavy atom. The largest absolute Gasteiger partial charge is 0.399 e. The van der Waals surface area contributed by atoms with E-state index in [2.05, 4.69) is 40.7 Å². The number of nitrogens with two attached hydrogens (primary N) is 1. The van der Waals surface area contributed by atoms with Gasteiger partial charge in [0.2, 0.25) is 0 Å². The summed E-state index contributed by atoms with van der Waals surface area (Å²) in [6, 6.07) is 7.41. The van der Waals surface area contributed by atoms with E-state index in [1.165, 1.54) is 24.9 Å². The van der Waals surface area contributed by atoms with Crippen LogP contribution in [0, 0.1) is 0 Å². The second-order valence-electron chi connectivity index (χ2n) is 4.61. The number of halogens is 1. The molecule has 0 aromatic heterocycles. The van der Waals surface area contributed by atoms with Crippen molar-refractivity contribution in [3.63, 3.8) is 0 Å². The van der Waals surface area contributed by atoms with Gasteiger partial charge in [0.1, 0.15) is 0 Å². The van der Waals surface area contributed by atoms with Crippen LogP contribution in [-0.2, 0) is 0 Å². The number of hydrogen-bond donors (Lipinski definition) is 1. The molecule has 2 atom stereocenters. The van der Waals surface area contributed by atoms with Gasteiger partial charge in [0, 0.05) is 22.2 Å². The summed E-state index contributed by atoms with van der Waals surface area (Å²) in [6.07, 6.45) is 3.80. The monoisotopic (exact) mass is 282 g/mol. The van der Waals surface area contributed by atoms with Gasteiger partial charge in [-0.1, -0.05) is 6.92 Å². The third-order valence-corrected chi connectivity index (χ3v) is 4.14. The molecule has 0 saturated carbocycles. The van der Waals surface area contributed by atoms with Crippen LogP contribution in [0.15, 0.2) is 22.7 Å². The van der Waals surface area contributed by atoms with Crippen LogP contribution in [0.5, 0.6) is 0 Å². The third-order valence-electron chi connectivity index (χ3n) is 3.51. The number of nitrogens with zero attached hydrogens (tertiary/aromatic N) is 1. The van der Waals surface area contributed by atoms with Crippen LogP contribution in [0.2, 0.25) is 0 Å². The molecule has 0 aliphatic carbocycles. The van der Waals surface area contributed by atoms with E-state index in [-0.39, 0.29) is 0 Å². The van der Waals surface area contributed by atoms with Gasteiger partial charge in [-0.15, -0.1) is 0 Å². The number of nitrogen functional groups attached to an aromatic ring is 1. The lowest BCUT2D eigenvalue weighted by atomic mass is 10.1. The highest BCUT2D eigenvalue weighted by Gasteiger charge is 2.30. The van der Waals surface area contributed by atoms with Crippen molar-refractivity contribution in [2.24, 2.45) is 0 Å². The molecule has 0 amide bonds. The van der Waals surface area contributed by atoms with Gasteiger partial charge in [0.15, 0.2) is 0 Å². The molecule has 1 saturated heterocycles. The van der Waals surface area contributed by atoms with E-state index in [4.69, 9.17) is 5.73 Å². The van der Waals surface area contributed by atoms with Crippen LogP contribution in [0.4, 0.5) is 11.4 Å². The highest BCUT2D eigenvalue weighted by Crippen LogP contribution is 2.37. The molecule has 0 bridgehead atoms. The first kappa shape index (κ1) is 11.8. The van der Waals surface area contributed by atoms with Crippen molar-refractivity contribution in [3.05, 3.63) is 22.7 Å². The fourth-order valence-electron chi connectivity index (χ4n) is 2.64. The first-order valence-corrected chi connectivity index (χ1v) is 6.76. The number of hydrogen-bond acceptors (Lipinski definition) is 2. The third kappa shape index (κ3) is 2.05. The SMILES string of the molecule is CCC1CCC(C)N1c1ccc(N)cc1Br. The van der Waals surface area contributed by atoms with Gasteiger partial charge in [-0.3, -0.25) is 0 Å². The van der Waals surface area contributed by atoms with E-state index in [1.54, 1.807) is 0 Å². The van der Waals surface area contributed by atoms with Crippen LogP contribution in [0.25, 0.3) is 0 Å². The molecule has 16 heavy (non-hydrogen) atoms. The minimum absolute atomic E-state index is 0.630. The summed E-state index contributed by atoms with van der Waals surface area (Å²) in [4.78, 5) is 2.53. The molecule has 2 nitrogen and oxygen atoms in total. The Balaban J connectivity index is 2.34. The molecule has 3 heteroatoms.